The van der Waals surface area contributed by atoms with Gasteiger partial charge in [-0.15, -0.1) is 0 Å². The first-order valence-corrected chi connectivity index (χ1v) is 10.8. The summed E-state index contributed by atoms with van der Waals surface area (Å²) < 4.78 is 5.22. The van der Waals surface area contributed by atoms with Crippen LogP contribution in [0.25, 0.3) is 0 Å². The Balaban J connectivity index is 1.82. The van der Waals surface area contributed by atoms with Crippen LogP contribution in [-0.4, -0.2) is 67.0 Å². The zero-order valence-corrected chi connectivity index (χ0v) is 18.3. The number of nitrogens with two attached hydrogens (primary N) is 1. The zero-order valence-electron chi connectivity index (χ0n) is 18.3. The van der Waals surface area contributed by atoms with Crippen molar-refractivity contribution in [2.75, 3.05) is 33.3 Å². The Morgan fingerprint density at radius 2 is 1.81 bits per heavy atom. The molecule has 1 unspecified atom stereocenters. The van der Waals surface area contributed by atoms with E-state index in [-0.39, 0.29) is 31.3 Å². The monoisotopic (exact) mass is 438 g/mol. The minimum atomic E-state index is -1.02. The molecule has 1 fully saturated rings. The van der Waals surface area contributed by atoms with Crippen LogP contribution in [0.3, 0.4) is 0 Å². The normalized spacial score (nSPS) is 15.9. The summed E-state index contributed by atoms with van der Waals surface area (Å²) in [7, 11) is 1.53. The van der Waals surface area contributed by atoms with E-state index < -0.39 is 12.1 Å². The lowest BCUT2D eigenvalue weighted by Crippen LogP contribution is -2.63. The fraction of sp³-hybridized carbons (Fsp3) is 0.375. The van der Waals surface area contributed by atoms with E-state index in [1.807, 2.05) is 30.3 Å². The van der Waals surface area contributed by atoms with Crippen molar-refractivity contribution in [2.24, 2.45) is 5.73 Å². The van der Waals surface area contributed by atoms with Crippen LogP contribution in [0.15, 0.2) is 54.6 Å². The van der Waals surface area contributed by atoms with E-state index in [0.29, 0.717) is 37.2 Å². The minimum Gasteiger partial charge on any atom is -0.497 e. The van der Waals surface area contributed by atoms with Gasteiger partial charge in [0.1, 0.15) is 5.75 Å². The number of aryl methyl sites for hydroxylation is 1. The van der Waals surface area contributed by atoms with Gasteiger partial charge in [0.05, 0.1) is 7.11 Å². The molecule has 0 aliphatic carbocycles. The van der Waals surface area contributed by atoms with Crippen LogP contribution < -0.4 is 15.8 Å². The standard InChI is InChI=1S/C24H30N4O4/c1-32-20-10-5-9-19(17-20)24(31)28-16-6-15-27(23(28)22(30)26-14-13-25)21(29)12-11-18-7-3-2-4-8-18/h2-5,7-10,17,23H,6,11-16,25H2,1H3,(H,26,30). The number of rotatable bonds is 8. The molecule has 0 aromatic heterocycles. The van der Waals surface area contributed by atoms with E-state index in [4.69, 9.17) is 10.5 Å². The summed E-state index contributed by atoms with van der Waals surface area (Å²) in [6, 6.07) is 16.5. The Morgan fingerprint density at radius 3 is 2.53 bits per heavy atom. The summed E-state index contributed by atoms with van der Waals surface area (Å²) in [5, 5.41) is 2.74. The van der Waals surface area contributed by atoms with Gasteiger partial charge >= 0.3 is 0 Å². The number of nitrogens with zero attached hydrogens (tertiary/aromatic N) is 2. The first-order valence-electron chi connectivity index (χ1n) is 10.8. The van der Waals surface area contributed by atoms with E-state index in [9.17, 15) is 14.4 Å². The number of hydrogen-bond acceptors (Lipinski definition) is 5. The number of carbonyl (C=O) groups is 3. The lowest BCUT2D eigenvalue weighted by Gasteiger charge is -2.42. The SMILES string of the molecule is COc1cccc(C(=O)N2CCCN(C(=O)CCc3ccccc3)C2C(=O)NCCN)c1. The van der Waals surface area contributed by atoms with Crippen LogP contribution in [0.1, 0.15) is 28.8 Å². The Hall–Kier alpha value is -3.39. The lowest BCUT2D eigenvalue weighted by atomic mass is 10.1. The van der Waals surface area contributed by atoms with Gasteiger partial charge in [-0.25, -0.2) is 0 Å². The maximum absolute atomic E-state index is 13.3. The first-order chi connectivity index (χ1) is 15.5. The van der Waals surface area contributed by atoms with Crippen molar-refractivity contribution in [2.45, 2.75) is 25.4 Å². The highest BCUT2D eigenvalue weighted by Crippen LogP contribution is 2.22. The predicted octanol–water partition coefficient (Wildman–Crippen LogP) is 1.40. The van der Waals surface area contributed by atoms with Gasteiger partial charge in [0.25, 0.3) is 11.8 Å². The molecule has 2 aromatic rings. The molecule has 1 aliphatic heterocycles. The summed E-state index contributed by atoms with van der Waals surface area (Å²) >= 11 is 0. The zero-order chi connectivity index (χ0) is 22.9. The molecule has 0 spiro atoms. The Morgan fingerprint density at radius 1 is 1.06 bits per heavy atom. The van der Waals surface area contributed by atoms with Gasteiger partial charge in [-0.1, -0.05) is 36.4 Å². The van der Waals surface area contributed by atoms with Crippen molar-refractivity contribution in [1.29, 1.82) is 0 Å². The first kappa shape index (κ1) is 23.3. The molecule has 3 N–H and O–H groups in total. The molecule has 1 saturated heterocycles. The highest BCUT2D eigenvalue weighted by molar-refractivity contribution is 5.99. The molecule has 0 radical (unpaired) electrons. The highest BCUT2D eigenvalue weighted by Gasteiger charge is 2.40. The molecule has 2 aromatic carbocycles. The molecule has 32 heavy (non-hydrogen) atoms. The molecule has 3 amide bonds. The van der Waals surface area contributed by atoms with Crippen LogP contribution in [-0.2, 0) is 16.0 Å². The third-order valence-corrected chi connectivity index (χ3v) is 5.43. The predicted molar refractivity (Wildman–Crippen MR) is 121 cm³/mol. The maximum atomic E-state index is 13.3. The Kier molecular flexibility index (Phi) is 8.21. The van der Waals surface area contributed by atoms with Crippen LogP contribution in [0.5, 0.6) is 5.75 Å². The average Bonchev–Trinajstić information content (AvgIpc) is 2.85. The van der Waals surface area contributed by atoms with Gasteiger partial charge in [-0.3, -0.25) is 14.4 Å². The van der Waals surface area contributed by atoms with Crippen LogP contribution in [0.4, 0.5) is 0 Å². The Bertz CT molecular complexity index is 935. The smallest absolute Gasteiger partial charge is 0.263 e. The maximum Gasteiger partial charge on any atom is 0.263 e. The molecule has 8 nitrogen and oxygen atoms in total. The van der Waals surface area contributed by atoms with Gasteiger partial charge in [0.15, 0.2) is 6.17 Å². The third kappa shape index (κ3) is 5.64. The van der Waals surface area contributed by atoms with Crippen LogP contribution in [0, 0.1) is 0 Å². The molecule has 0 saturated carbocycles. The summed E-state index contributed by atoms with van der Waals surface area (Å²) in [4.78, 5) is 42.5. The van der Waals surface area contributed by atoms with Crippen molar-refractivity contribution in [1.82, 2.24) is 15.1 Å². The van der Waals surface area contributed by atoms with Gasteiger partial charge < -0.3 is 25.6 Å². The van der Waals surface area contributed by atoms with Crippen molar-refractivity contribution in [3.8, 4) is 5.75 Å². The molecule has 1 heterocycles. The number of ether oxygens (including phenoxy) is 1. The molecule has 1 atom stereocenters. The van der Waals surface area contributed by atoms with Gasteiger partial charge in [0.2, 0.25) is 5.91 Å². The largest absolute Gasteiger partial charge is 0.497 e. The summed E-state index contributed by atoms with van der Waals surface area (Å²) in [6.07, 6.45) is 0.397. The van der Waals surface area contributed by atoms with E-state index in [0.717, 1.165) is 5.56 Å². The number of carbonyl (C=O) groups excluding carboxylic acids is 3. The fourth-order valence-corrected chi connectivity index (χ4v) is 3.83. The minimum absolute atomic E-state index is 0.162. The van der Waals surface area contributed by atoms with E-state index >= 15 is 0 Å². The quantitative estimate of drug-likeness (QED) is 0.648. The van der Waals surface area contributed by atoms with Crippen molar-refractivity contribution < 1.29 is 19.1 Å². The van der Waals surface area contributed by atoms with E-state index in [2.05, 4.69) is 5.32 Å². The summed E-state index contributed by atoms with van der Waals surface area (Å²) in [5.41, 5.74) is 6.99. The second-order valence-electron chi connectivity index (χ2n) is 7.61. The Labute approximate surface area is 188 Å². The second kappa shape index (κ2) is 11.3. The number of methoxy groups -OCH3 is 1. The van der Waals surface area contributed by atoms with Gasteiger partial charge in [0, 0.05) is 38.2 Å². The van der Waals surface area contributed by atoms with Gasteiger partial charge in [-0.05, 0) is 36.6 Å². The van der Waals surface area contributed by atoms with Gasteiger partial charge in [-0.2, -0.15) is 0 Å². The number of hydrogen-bond donors (Lipinski definition) is 2. The second-order valence-corrected chi connectivity index (χ2v) is 7.61. The molecule has 1 aliphatic rings. The third-order valence-electron chi connectivity index (χ3n) is 5.43. The summed E-state index contributed by atoms with van der Waals surface area (Å²) in [6.45, 7) is 1.32. The number of benzene rings is 2. The molecule has 8 heteroatoms. The summed E-state index contributed by atoms with van der Waals surface area (Å²) in [5.74, 6) is -0.338. The molecule has 170 valence electrons. The van der Waals surface area contributed by atoms with Crippen LogP contribution in [0.2, 0.25) is 0 Å². The van der Waals surface area contributed by atoms with Crippen molar-refractivity contribution >= 4 is 17.7 Å². The van der Waals surface area contributed by atoms with E-state index in [1.54, 1.807) is 24.3 Å². The van der Waals surface area contributed by atoms with E-state index in [1.165, 1.54) is 16.9 Å². The number of amides is 3. The van der Waals surface area contributed by atoms with Crippen molar-refractivity contribution in [3.05, 3.63) is 65.7 Å². The van der Waals surface area contributed by atoms with Crippen molar-refractivity contribution in [3.63, 3.8) is 0 Å². The molecular formula is C24H30N4O4. The average molecular weight is 439 g/mol. The molecular weight excluding hydrogens is 408 g/mol. The highest BCUT2D eigenvalue weighted by atomic mass is 16.5. The van der Waals surface area contributed by atoms with Crippen LogP contribution >= 0.6 is 0 Å². The lowest BCUT2D eigenvalue weighted by molar-refractivity contribution is -0.149. The fourth-order valence-electron chi connectivity index (χ4n) is 3.83. The topological polar surface area (TPSA) is 105 Å². The molecule has 0 bridgehead atoms. The number of nitrogens with one attached hydrogen (secondary N) is 1. The molecule has 3 rings (SSSR count).